The third-order valence-corrected chi connectivity index (χ3v) is 3.04. The van der Waals surface area contributed by atoms with Crippen molar-refractivity contribution in [3.8, 4) is 0 Å². The molecule has 1 heterocycles. The zero-order chi connectivity index (χ0) is 14.9. The van der Waals surface area contributed by atoms with Gasteiger partial charge in [0.15, 0.2) is 0 Å². The van der Waals surface area contributed by atoms with Gasteiger partial charge in [-0.3, -0.25) is 10.1 Å². The van der Waals surface area contributed by atoms with E-state index in [0.717, 1.165) is 12.0 Å². The van der Waals surface area contributed by atoms with Crippen LogP contribution in [0.15, 0.2) is 18.2 Å². The number of esters is 1. The molecular formula is C14H18N2O4. The number of non-ortho nitro benzene ring substituents is 1. The number of nitro benzene ring substituents is 1. The van der Waals surface area contributed by atoms with E-state index in [2.05, 4.69) is 5.32 Å². The summed E-state index contributed by atoms with van der Waals surface area (Å²) in [6.45, 7) is 6.03. The average molecular weight is 278 g/mol. The van der Waals surface area contributed by atoms with Gasteiger partial charge < -0.3 is 10.1 Å². The number of carbonyl (C=O) groups excluding carboxylic acids is 1. The Bertz CT molecular complexity index is 549. The predicted molar refractivity (Wildman–Crippen MR) is 73.4 cm³/mol. The van der Waals surface area contributed by atoms with Gasteiger partial charge in [-0.05, 0) is 38.3 Å². The van der Waals surface area contributed by atoms with E-state index in [1.807, 2.05) is 0 Å². The second kappa shape index (κ2) is 5.20. The summed E-state index contributed by atoms with van der Waals surface area (Å²) < 4.78 is 5.36. The second-order valence-electron chi connectivity index (χ2n) is 5.81. The molecule has 0 amide bonds. The summed E-state index contributed by atoms with van der Waals surface area (Å²) in [5.74, 6) is -0.404. The first-order valence-electron chi connectivity index (χ1n) is 6.51. The molecule has 1 atom stereocenters. The molecule has 0 aliphatic carbocycles. The number of fused-ring (bicyclic) bond motifs is 1. The van der Waals surface area contributed by atoms with E-state index >= 15 is 0 Å². The fourth-order valence-electron chi connectivity index (χ4n) is 2.22. The van der Waals surface area contributed by atoms with E-state index in [9.17, 15) is 14.9 Å². The molecule has 6 nitrogen and oxygen atoms in total. The van der Waals surface area contributed by atoms with Gasteiger partial charge in [-0.25, -0.2) is 4.79 Å². The van der Waals surface area contributed by atoms with Crippen molar-refractivity contribution in [1.82, 2.24) is 5.32 Å². The molecule has 0 spiro atoms. The Kier molecular flexibility index (Phi) is 3.76. The van der Waals surface area contributed by atoms with Crippen LogP contribution < -0.4 is 5.32 Å². The molecule has 108 valence electrons. The fraction of sp³-hybridized carbons (Fsp3) is 0.500. The largest absolute Gasteiger partial charge is 0.459 e. The molecule has 0 radical (unpaired) electrons. The number of benzene rings is 1. The number of hydrogen-bond acceptors (Lipinski definition) is 5. The van der Waals surface area contributed by atoms with Crippen molar-refractivity contribution in [3.05, 3.63) is 39.4 Å². The molecule has 6 heteroatoms. The quantitative estimate of drug-likeness (QED) is 0.509. The van der Waals surface area contributed by atoms with E-state index in [1.54, 1.807) is 26.8 Å². The SMILES string of the molecule is CC(C)(C)OC(=O)C1NCCc2ccc([N+](=O)[O-])cc21. The van der Waals surface area contributed by atoms with Crippen LogP contribution in [0.4, 0.5) is 5.69 Å². The molecular weight excluding hydrogens is 260 g/mol. The monoisotopic (exact) mass is 278 g/mol. The summed E-state index contributed by atoms with van der Waals surface area (Å²) in [5, 5.41) is 13.9. The van der Waals surface area contributed by atoms with Crippen LogP contribution in [0.3, 0.4) is 0 Å². The second-order valence-corrected chi connectivity index (χ2v) is 5.81. The number of nitrogens with one attached hydrogen (secondary N) is 1. The Balaban J connectivity index is 2.33. The molecule has 20 heavy (non-hydrogen) atoms. The molecule has 2 rings (SSSR count). The highest BCUT2D eigenvalue weighted by molar-refractivity contribution is 5.79. The van der Waals surface area contributed by atoms with Crippen molar-refractivity contribution in [3.63, 3.8) is 0 Å². The minimum Gasteiger partial charge on any atom is -0.459 e. The van der Waals surface area contributed by atoms with E-state index in [4.69, 9.17) is 4.74 Å². The van der Waals surface area contributed by atoms with Crippen molar-refractivity contribution < 1.29 is 14.5 Å². The Morgan fingerprint density at radius 1 is 1.45 bits per heavy atom. The first-order valence-corrected chi connectivity index (χ1v) is 6.51. The van der Waals surface area contributed by atoms with Gasteiger partial charge >= 0.3 is 5.97 Å². The minimum atomic E-state index is -0.641. The standard InChI is InChI=1S/C14H18N2O4/c1-14(2,3)20-13(17)12-11-8-10(16(18)19)5-4-9(11)6-7-15-12/h4-5,8,12,15H,6-7H2,1-3H3. The molecule has 1 aliphatic rings. The summed E-state index contributed by atoms with van der Waals surface area (Å²) >= 11 is 0. The maximum Gasteiger partial charge on any atom is 0.328 e. The number of hydrogen-bond donors (Lipinski definition) is 1. The Morgan fingerprint density at radius 3 is 2.75 bits per heavy atom. The third-order valence-electron chi connectivity index (χ3n) is 3.04. The average Bonchev–Trinajstić information content (AvgIpc) is 2.35. The van der Waals surface area contributed by atoms with Crippen molar-refractivity contribution in [2.45, 2.75) is 38.8 Å². The zero-order valence-electron chi connectivity index (χ0n) is 11.8. The topological polar surface area (TPSA) is 81.5 Å². The van der Waals surface area contributed by atoms with Gasteiger partial charge in [0.1, 0.15) is 11.6 Å². The van der Waals surface area contributed by atoms with Gasteiger partial charge in [0.25, 0.3) is 5.69 Å². The summed E-state index contributed by atoms with van der Waals surface area (Å²) in [7, 11) is 0. The normalized spacial score (nSPS) is 18.2. The maximum atomic E-state index is 12.2. The predicted octanol–water partition coefficient (Wildman–Crippen LogP) is 2.12. The fourth-order valence-corrected chi connectivity index (χ4v) is 2.22. The molecule has 0 fully saturated rings. The summed E-state index contributed by atoms with van der Waals surface area (Å²) in [6, 6.07) is 4.00. The van der Waals surface area contributed by atoms with E-state index in [1.165, 1.54) is 12.1 Å². The Morgan fingerprint density at radius 2 is 2.15 bits per heavy atom. The Labute approximate surface area is 117 Å². The first kappa shape index (κ1) is 14.5. The molecule has 0 saturated heterocycles. The van der Waals surface area contributed by atoms with Crippen molar-refractivity contribution in [2.75, 3.05) is 6.54 Å². The Hall–Kier alpha value is -1.95. The number of nitro groups is 1. The van der Waals surface area contributed by atoms with Crippen LogP contribution in [0.5, 0.6) is 0 Å². The van der Waals surface area contributed by atoms with Gasteiger partial charge in [-0.15, -0.1) is 0 Å². The lowest BCUT2D eigenvalue weighted by atomic mass is 9.93. The highest BCUT2D eigenvalue weighted by atomic mass is 16.6. The van der Waals surface area contributed by atoms with Crippen LogP contribution in [-0.4, -0.2) is 23.0 Å². The molecule has 1 aromatic carbocycles. The molecule has 0 saturated carbocycles. The number of rotatable bonds is 2. The van der Waals surface area contributed by atoms with Gasteiger partial charge in [-0.1, -0.05) is 6.07 Å². The highest BCUT2D eigenvalue weighted by Crippen LogP contribution is 2.28. The van der Waals surface area contributed by atoms with Gasteiger partial charge in [0, 0.05) is 18.7 Å². The van der Waals surface area contributed by atoms with Gasteiger partial charge in [-0.2, -0.15) is 0 Å². The van der Waals surface area contributed by atoms with Crippen LogP contribution in [0, 0.1) is 10.1 Å². The van der Waals surface area contributed by atoms with Crippen LogP contribution in [0.1, 0.15) is 37.9 Å². The first-order chi connectivity index (χ1) is 9.28. The lowest BCUT2D eigenvalue weighted by Crippen LogP contribution is -2.39. The van der Waals surface area contributed by atoms with Crippen molar-refractivity contribution in [2.24, 2.45) is 0 Å². The van der Waals surface area contributed by atoms with Gasteiger partial charge in [0.2, 0.25) is 0 Å². The van der Waals surface area contributed by atoms with Gasteiger partial charge in [0.05, 0.1) is 4.92 Å². The lowest BCUT2D eigenvalue weighted by Gasteiger charge is -2.28. The zero-order valence-corrected chi connectivity index (χ0v) is 11.8. The van der Waals surface area contributed by atoms with Crippen molar-refractivity contribution in [1.29, 1.82) is 0 Å². The lowest BCUT2D eigenvalue weighted by molar-refractivity contribution is -0.384. The minimum absolute atomic E-state index is 0.0130. The molecule has 1 N–H and O–H groups in total. The molecule has 1 unspecified atom stereocenters. The van der Waals surface area contributed by atoms with Crippen molar-refractivity contribution >= 4 is 11.7 Å². The summed E-state index contributed by atoms with van der Waals surface area (Å²) in [4.78, 5) is 22.6. The molecule has 1 aromatic rings. The van der Waals surface area contributed by atoms with E-state index < -0.39 is 22.5 Å². The third kappa shape index (κ3) is 3.14. The van der Waals surface area contributed by atoms with Crippen LogP contribution in [-0.2, 0) is 16.0 Å². The summed E-state index contributed by atoms with van der Waals surface area (Å²) in [6.07, 6.45) is 0.743. The number of nitrogens with zero attached hydrogens (tertiary/aromatic N) is 1. The van der Waals surface area contributed by atoms with Crippen LogP contribution in [0.25, 0.3) is 0 Å². The molecule has 0 bridgehead atoms. The molecule has 1 aliphatic heterocycles. The maximum absolute atomic E-state index is 12.2. The van der Waals surface area contributed by atoms with E-state index in [0.29, 0.717) is 12.1 Å². The van der Waals surface area contributed by atoms with Crippen LogP contribution in [0.2, 0.25) is 0 Å². The number of ether oxygens (including phenoxy) is 1. The van der Waals surface area contributed by atoms with E-state index in [-0.39, 0.29) is 5.69 Å². The smallest absolute Gasteiger partial charge is 0.328 e. The molecule has 0 aromatic heterocycles. The number of carbonyl (C=O) groups is 1. The summed E-state index contributed by atoms with van der Waals surface area (Å²) in [5.41, 5.74) is 0.989. The highest BCUT2D eigenvalue weighted by Gasteiger charge is 2.31. The van der Waals surface area contributed by atoms with Crippen LogP contribution >= 0.6 is 0 Å².